The third-order valence-electron chi connectivity index (χ3n) is 5.46. The molecule has 2 aromatic rings. The fourth-order valence-corrected chi connectivity index (χ4v) is 8.73. The van der Waals surface area contributed by atoms with E-state index in [1.165, 1.54) is 0 Å². The zero-order valence-electron chi connectivity index (χ0n) is 16.7. The van der Waals surface area contributed by atoms with E-state index in [4.69, 9.17) is 9.16 Å². The Balaban J connectivity index is 2.09. The lowest BCUT2D eigenvalue weighted by atomic mass is 10.0. The van der Waals surface area contributed by atoms with Crippen LogP contribution in [0.4, 0.5) is 0 Å². The molecule has 1 saturated heterocycles. The van der Waals surface area contributed by atoms with Gasteiger partial charge in [0.15, 0.2) is 6.29 Å². The summed E-state index contributed by atoms with van der Waals surface area (Å²) in [4.78, 5) is 0. The van der Waals surface area contributed by atoms with E-state index in [-0.39, 0.29) is 18.1 Å². The van der Waals surface area contributed by atoms with E-state index < -0.39 is 32.9 Å². The summed E-state index contributed by atoms with van der Waals surface area (Å²) in [6.07, 6.45) is -3.38. The monoisotopic (exact) mass is 402 g/mol. The second-order valence-corrected chi connectivity index (χ2v) is 12.6. The number of aliphatic hydroxyl groups excluding tert-OH is 3. The highest BCUT2D eigenvalue weighted by Crippen LogP contribution is 2.39. The summed E-state index contributed by atoms with van der Waals surface area (Å²) >= 11 is 0. The molecular weight excluding hydrogens is 372 g/mol. The van der Waals surface area contributed by atoms with Crippen LogP contribution in [0.25, 0.3) is 0 Å². The Morgan fingerprint density at radius 1 is 0.964 bits per heavy atom. The first-order valence-corrected chi connectivity index (χ1v) is 11.6. The van der Waals surface area contributed by atoms with E-state index in [0.29, 0.717) is 0 Å². The van der Waals surface area contributed by atoms with Gasteiger partial charge in [-0.25, -0.2) is 0 Å². The molecule has 1 fully saturated rings. The van der Waals surface area contributed by atoms with Crippen molar-refractivity contribution in [3.05, 3.63) is 60.7 Å². The number of rotatable bonds is 5. The molecule has 1 aliphatic heterocycles. The van der Waals surface area contributed by atoms with Crippen LogP contribution in [0.1, 0.15) is 27.2 Å². The van der Waals surface area contributed by atoms with Gasteiger partial charge in [0.25, 0.3) is 8.32 Å². The summed E-state index contributed by atoms with van der Waals surface area (Å²) in [7, 11) is -2.85. The molecule has 1 aliphatic rings. The SMILES string of the molecule is CC(C)(C)[Si](O[C@H]1C[C@H](O)[C@@H](CO)O[C@@H]1O)(c1ccccc1)c1ccccc1. The van der Waals surface area contributed by atoms with Gasteiger partial charge in [0, 0.05) is 6.42 Å². The van der Waals surface area contributed by atoms with Gasteiger partial charge < -0.3 is 24.5 Å². The maximum atomic E-state index is 10.6. The van der Waals surface area contributed by atoms with Gasteiger partial charge in [-0.2, -0.15) is 0 Å². The van der Waals surface area contributed by atoms with E-state index in [0.717, 1.165) is 10.4 Å². The molecular formula is C22H30O5Si. The molecule has 0 spiro atoms. The first-order chi connectivity index (χ1) is 13.3. The largest absolute Gasteiger partial charge is 0.399 e. The van der Waals surface area contributed by atoms with Crippen LogP contribution in [0.2, 0.25) is 5.04 Å². The summed E-state index contributed by atoms with van der Waals surface area (Å²) in [5.74, 6) is 0. The van der Waals surface area contributed by atoms with Crippen molar-refractivity contribution in [2.45, 2.75) is 56.8 Å². The van der Waals surface area contributed by atoms with Crippen LogP contribution in [0.5, 0.6) is 0 Å². The topological polar surface area (TPSA) is 79.2 Å². The van der Waals surface area contributed by atoms with Crippen LogP contribution in [-0.4, -0.2) is 54.8 Å². The third kappa shape index (κ3) is 3.94. The molecule has 0 unspecified atom stereocenters. The Labute approximate surface area is 167 Å². The van der Waals surface area contributed by atoms with Gasteiger partial charge in [-0.05, 0) is 15.4 Å². The molecule has 3 N–H and O–H groups in total. The normalized spacial score (nSPS) is 26.2. The predicted octanol–water partition coefficient (Wildman–Crippen LogP) is 1.39. The molecule has 28 heavy (non-hydrogen) atoms. The number of hydrogen-bond acceptors (Lipinski definition) is 5. The van der Waals surface area contributed by atoms with Crippen molar-refractivity contribution in [1.29, 1.82) is 0 Å². The Morgan fingerprint density at radius 2 is 1.46 bits per heavy atom. The predicted molar refractivity (Wildman–Crippen MR) is 111 cm³/mol. The van der Waals surface area contributed by atoms with Crippen molar-refractivity contribution >= 4 is 18.7 Å². The van der Waals surface area contributed by atoms with Crippen LogP contribution < -0.4 is 10.4 Å². The highest BCUT2D eigenvalue weighted by molar-refractivity contribution is 6.99. The summed E-state index contributed by atoms with van der Waals surface area (Å²) in [5, 5.41) is 32.2. The average molecular weight is 403 g/mol. The Bertz CT molecular complexity index is 707. The minimum absolute atomic E-state index is 0.205. The van der Waals surface area contributed by atoms with Crippen LogP contribution in [0.3, 0.4) is 0 Å². The van der Waals surface area contributed by atoms with Gasteiger partial charge in [-0.3, -0.25) is 0 Å². The van der Waals surface area contributed by atoms with E-state index in [1.807, 2.05) is 36.4 Å². The lowest BCUT2D eigenvalue weighted by Crippen LogP contribution is -2.69. The van der Waals surface area contributed by atoms with Crippen molar-refractivity contribution < 1.29 is 24.5 Å². The molecule has 5 nitrogen and oxygen atoms in total. The number of aliphatic hydroxyl groups is 3. The molecule has 6 heteroatoms. The lowest BCUT2D eigenvalue weighted by Gasteiger charge is -2.47. The molecule has 152 valence electrons. The van der Waals surface area contributed by atoms with Gasteiger partial charge in [-0.15, -0.1) is 0 Å². The third-order valence-corrected chi connectivity index (χ3v) is 10.5. The molecule has 0 amide bonds. The second kappa shape index (κ2) is 8.45. The van der Waals surface area contributed by atoms with Gasteiger partial charge in [0.2, 0.25) is 0 Å². The zero-order chi connectivity index (χ0) is 20.4. The van der Waals surface area contributed by atoms with E-state index in [9.17, 15) is 15.3 Å². The van der Waals surface area contributed by atoms with Crippen molar-refractivity contribution in [3.8, 4) is 0 Å². The van der Waals surface area contributed by atoms with Crippen molar-refractivity contribution in [3.63, 3.8) is 0 Å². The molecule has 3 rings (SSSR count). The van der Waals surface area contributed by atoms with Crippen LogP contribution in [-0.2, 0) is 9.16 Å². The lowest BCUT2D eigenvalue weighted by molar-refractivity contribution is -0.247. The Hall–Kier alpha value is -1.54. The highest BCUT2D eigenvalue weighted by atomic mass is 28.4. The first kappa shape index (κ1) is 21.2. The molecule has 1 heterocycles. The maximum Gasteiger partial charge on any atom is 0.261 e. The van der Waals surface area contributed by atoms with Crippen LogP contribution >= 0.6 is 0 Å². The molecule has 0 aliphatic carbocycles. The summed E-state index contributed by atoms with van der Waals surface area (Å²) in [6, 6.07) is 20.3. The fraction of sp³-hybridized carbons (Fsp3) is 0.455. The van der Waals surface area contributed by atoms with Crippen molar-refractivity contribution in [1.82, 2.24) is 0 Å². The maximum absolute atomic E-state index is 10.6. The van der Waals surface area contributed by atoms with E-state index in [2.05, 4.69) is 45.0 Å². The average Bonchev–Trinajstić information content (AvgIpc) is 2.68. The van der Waals surface area contributed by atoms with Crippen LogP contribution in [0.15, 0.2) is 60.7 Å². The summed E-state index contributed by atoms with van der Waals surface area (Å²) < 4.78 is 12.3. The number of ether oxygens (including phenoxy) is 1. The van der Waals surface area contributed by atoms with Gasteiger partial charge in [0.1, 0.15) is 6.10 Å². The van der Waals surface area contributed by atoms with Crippen LogP contribution in [0, 0.1) is 0 Å². The minimum Gasteiger partial charge on any atom is -0.399 e. The van der Waals surface area contributed by atoms with E-state index >= 15 is 0 Å². The second-order valence-electron chi connectivity index (χ2n) is 8.37. The Kier molecular flexibility index (Phi) is 6.39. The first-order valence-electron chi connectivity index (χ1n) is 9.71. The standard InChI is InChI=1S/C22H30O5Si/c1-22(2,3)28(16-10-6-4-7-11-16,17-12-8-5-9-13-17)27-19-14-18(24)20(15-23)26-21(19)25/h4-13,18-21,23-25H,14-15H2,1-3H3/t18-,19-,20+,21-/m0/s1. The molecule has 0 saturated carbocycles. The fourth-order valence-electron chi connectivity index (χ4n) is 4.05. The van der Waals surface area contributed by atoms with Crippen molar-refractivity contribution in [2.24, 2.45) is 0 Å². The molecule has 2 aromatic carbocycles. The zero-order valence-corrected chi connectivity index (χ0v) is 17.7. The highest BCUT2D eigenvalue weighted by Gasteiger charge is 2.53. The molecule has 0 bridgehead atoms. The Morgan fingerprint density at radius 3 is 1.89 bits per heavy atom. The quantitative estimate of drug-likeness (QED) is 0.659. The van der Waals surface area contributed by atoms with E-state index in [1.54, 1.807) is 0 Å². The van der Waals surface area contributed by atoms with Gasteiger partial charge in [0.05, 0.1) is 18.8 Å². The van der Waals surface area contributed by atoms with Crippen molar-refractivity contribution in [2.75, 3.05) is 6.61 Å². The van der Waals surface area contributed by atoms with Gasteiger partial charge >= 0.3 is 0 Å². The summed E-state index contributed by atoms with van der Waals surface area (Å²) in [6.45, 7) is 6.12. The van der Waals surface area contributed by atoms with Gasteiger partial charge in [-0.1, -0.05) is 81.4 Å². The molecule has 0 radical (unpaired) electrons. The number of hydrogen-bond donors (Lipinski definition) is 3. The minimum atomic E-state index is -2.85. The number of benzene rings is 2. The molecule has 4 atom stereocenters. The summed E-state index contributed by atoms with van der Waals surface area (Å²) in [5.41, 5.74) is 0. The smallest absolute Gasteiger partial charge is 0.261 e. The molecule has 0 aromatic heterocycles.